The number of anilines is 1. The maximum absolute atomic E-state index is 11.4. The van der Waals surface area contributed by atoms with E-state index in [2.05, 4.69) is 0 Å². The number of carboxylic acid groups (broad SMARTS) is 1. The number of benzene rings is 1. The number of carbonyl (C=O) groups is 1. The number of rotatable bonds is 5. The van der Waals surface area contributed by atoms with Crippen molar-refractivity contribution in [1.29, 1.82) is 0 Å². The van der Waals surface area contributed by atoms with Crippen LogP contribution in [0.15, 0.2) is 12.1 Å². The molecule has 1 fully saturated rings. The number of methoxy groups -OCH3 is 1. The SMILES string of the molecule is CCCc1cc(C(=O)O)cc(N2CCCCS2(O)O)c1OC. The maximum atomic E-state index is 11.4. The van der Waals surface area contributed by atoms with Gasteiger partial charge in [-0.25, -0.2) is 4.79 Å². The van der Waals surface area contributed by atoms with Crippen LogP contribution in [-0.4, -0.2) is 39.6 Å². The quantitative estimate of drug-likeness (QED) is 0.764. The molecule has 1 aromatic carbocycles. The lowest BCUT2D eigenvalue weighted by Gasteiger charge is -2.47. The molecule has 0 amide bonds. The molecule has 0 aliphatic carbocycles. The normalized spacial score (nSPS) is 18.8. The molecular weight excluding hydrogens is 306 g/mol. The van der Waals surface area contributed by atoms with Gasteiger partial charge in [0.05, 0.1) is 24.1 Å². The maximum Gasteiger partial charge on any atom is 0.335 e. The summed E-state index contributed by atoms with van der Waals surface area (Å²) in [6.07, 6.45) is 3.10. The van der Waals surface area contributed by atoms with Gasteiger partial charge in [-0.15, -0.1) is 10.8 Å². The topological polar surface area (TPSA) is 90.2 Å². The van der Waals surface area contributed by atoms with Crippen LogP contribution in [-0.2, 0) is 6.42 Å². The van der Waals surface area contributed by atoms with Crippen molar-refractivity contribution in [3.63, 3.8) is 0 Å². The molecule has 124 valence electrons. The van der Waals surface area contributed by atoms with E-state index in [-0.39, 0.29) is 5.56 Å². The number of nitrogens with zero attached hydrogens (tertiary/aromatic N) is 1. The summed E-state index contributed by atoms with van der Waals surface area (Å²) in [5.74, 6) is -0.195. The zero-order valence-corrected chi connectivity index (χ0v) is 13.7. The molecule has 0 bridgehead atoms. The Labute approximate surface area is 132 Å². The lowest BCUT2D eigenvalue weighted by atomic mass is 10.0. The number of aromatic carboxylic acids is 1. The molecule has 1 aliphatic rings. The van der Waals surface area contributed by atoms with Crippen LogP contribution in [0.4, 0.5) is 5.69 Å². The van der Waals surface area contributed by atoms with Crippen LogP contribution >= 0.6 is 10.8 Å². The van der Waals surface area contributed by atoms with E-state index < -0.39 is 16.7 Å². The monoisotopic (exact) mass is 329 g/mol. The average molecular weight is 329 g/mol. The molecule has 0 atom stereocenters. The van der Waals surface area contributed by atoms with Crippen molar-refractivity contribution in [3.05, 3.63) is 23.3 Å². The molecule has 0 saturated carbocycles. The molecule has 1 aliphatic heterocycles. The molecule has 6 nitrogen and oxygen atoms in total. The van der Waals surface area contributed by atoms with Crippen molar-refractivity contribution >= 4 is 22.4 Å². The standard InChI is InChI=1S/C15H23NO5S/c1-3-6-11-9-12(15(17)18)10-13(14(11)21-2)16-7-4-5-8-22(16,19)20/h9-10,19-20H,3-8H2,1-2H3,(H,17,18). The summed E-state index contributed by atoms with van der Waals surface area (Å²) in [4.78, 5) is 11.4. The molecule has 0 radical (unpaired) electrons. The molecule has 1 saturated heterocycles. The zero-order valence-electron chi connectivity index (χ0n) is 12.9. The van der Waals surface area contributed by atoms with Gasteiger partial charge in [0.2, 0.25) is 0 Å². The Balaban J connectivity index is 2.58. The molecule has 22 heavy (non-hydrogen) atoms. The summed E-state index contributed by atoms with van der Waals surface area (Å²) in [6.45, 7) is 2.48. The Morgan fingerprint density at radius 2 is 2.09 bits per heavy atom. The summed E-state index contributed by atoms with van der Waals surface area (Å²) in [5, 5.41) is 9.32. The minimum Gasteiger partial charge on any atom is -0.494 e. The molecule has 1 heterocycles. The van der Waals surface area contributed by atoms with E-state index >= 15 is 0 Å². The van der Waals surface area contributed by atoms with Crippen molar-refractivity contribution in [2.45, 2.75) is 32.6 Å². The fourth-order valence-electron chi connectivity index (χ4n) is 2.76. The van der Waals surface area contributed by atoms with Crippen molar-refractivity contribution < 1.29 is 23.7 Å². The lowest BCUT2D eigenvalue weighted by molar-refractivity contribution is 0.0696. The van der Waals surface area contributed by atoms with E-state index in [9.17, 15) is 19.0 Å². The Morgan fingerprint density at radius 1 is 1.36 bits per heavy atom. The van der Waals surface area contributed by atoms with Crippen LogP contribution in [0.1, 0.15) is 42.1 Å². The fourth-order valence-corrected chi connectivity index (χ4v) is 4.44. The van der Waals surface area contributed by atoms with E-state index in [1.807, 2.05) is 6.92 Å². The Morgan fingerprint density at radius 3 is 2.64 bits per heavy atom. The second kappa shape index (κ2) is 6.76. The first-order valence-electron chi connectivity index (χ1n) is 7.38. The molecule has 7 heteroatoms. The van der Waals surface area contributed by atoms with Gasteiger partial charge in [0, 0.05) is 6.54 Å². The van der Waals surface area contributed by atoms with Crippen LogP contribution in [0.3, 0.4) is 0 Å². The van der Waals surface area contributed by atoms with Gasteiger partial charge in [0.15, 0.2) is 0 Å². The van der Waals surface area contributed by atoms with E-state index in [4.69, 9.17) is 4.74 Å². The first-order chi connectivity index (χ1) is 10.4. The minimum atomic E-state index is -2.92. The van der Waals surface area contributed by atoms with Gasteiger partial charge < -0.3 is 9.84 Å². The van der Waals surface area contributed by atoms with E-state index in [0.717, 1.165) is 24.8 Å². The van der Waals surface area contributed by atoms with E-state index in [0.29, 0.717) is 30.2 Å². The van der Waals surface area contributed by atoms with Crippen molar-refractivity contribution in [1.82, 2.24) is 0 Å². The largest absolute Gasteiger partial charge is 0.494 e. The summed E-state index contributed by atoms with van der Waals surface area (Å²) in [7, 11) is -1.40. The van der Waals surface area contributed by atoms with Gasteiger partial charge in [-0.3, -0.25) is 13.4 Å². The third-order valence-corrected chi connectivity index (χ3v) is 5.69. The average Bonchev–Trinajstić information content (AvgIpc) is 2.46. The van der Waals surface area contributed by atoms with Gasteiger partial charge in [-0.1, -0.05) is 13.3 Å². The first-order valence-corrected chi connectivity index (χ1v) is 9.05. The zero-order chi connectivity index (χ0) is 16.3. The van der Waals surface area contributed by atoms with E-state index in [1.54, 1.807) is 6.07 Å². The highest BCUT2D eigenvalue weighted by molar-refractivity contribution is 8.25. The van der Waals surface area contributed by atoms with Crippen molar-refractivity contribution in [2.75, 3.05) is 23.7 Å². The van der Waals surface area contributed by atoms with Gasteiger partial charge in [-0.2, -0.15) is 0 Å². The highest BCUT2D eigenvalue weighted by atomic mass is 32.3. The number of hydrogen-bond acceptors (Lipinski definition) is 5. The fraction of sp³-hybridized carbons (Fsp3) is 0.533. The third-order valence-electron chi connectivity index (χ3n) is 3.77. The Hall–Kier alpha value is -1.44. The van der Waals surface area contributed by atoms with Crippen LogP contribution in [0, 0.1) is 0 Å². The van der Waals surface area contributed by atoms with Crippen molar-refractivity contribution in [2.24, 2.45) is 0 Å². The van der Waals surface area contributed by atoms with Crippen LogP contribution in [0.25, 0.3) is 0 Å². The number of carboxylic acids is 1. The van der Waals surface area contributed by atoms with Crippen LogP contribution in [0.2, 0.25) is 0 Å². The molecule has 3 N–H and O–H groups in total. The Kier molecular flexibility index (Phi) is 5.20. The minimum absolute atomic E-state index is 0.139. The summed E-state index contributed by atoms with van der Waals surface area (Å²) >= 11 is 0. The summed E-state index contributed by atoms with van der Waals surface area (Å²) in [5.41, 5.74) is 1.38. The Bertz CT molecular complexity index is 561. The molecule has 0 aromatic heterocycles. The van der Waals surface area contributed by atoms with Crippen LogP contribution < -0.4 is 9.04 Å². The van der Waals surface area contributed by atoms with Gasteiger partial charge in [-0.05, 0) is 37.0 Å². The predicted octanol–water partition coefficient (Wildman–Crippen LogP) is 3.61. The molecule has 2 rings (SSSR count). The molecule has 0 unspecified atom stereocenters. The lowest BCUT2D eigenvalue weighted by Crippen LogP contribution is -2.34. The van der Waals surface area contributed by atoms with Crippen LogP contribution in [0.5, 0.6) is 5.75 Å². The smallest absolute Gasteiger partial charge is 0.335 e. The third kappa shape index (κ3) is 3.31. The molecular formula is C15H23NO5S. The highest BCUT2D eigenvalue weighted by Crippen LogP contribution is 2.52. The second-order valence-electron chi connectivity index (χ2n) is 5.39. The predicted molar refractivity (Wildman–Crippen MR) is 88.2 cm³/mol. The van der Waals surface area contributed by atoms with Crippen molar-refractivity contribution in [3.8, 4) is 5.75 Å². The summed E-state index contributed by atoms with van der Waals surface area (Å²) < 4.78 is 27.6. The molecule has 0 spiro atoms. The summed E-state index contributed by atoms with van der Waals surface area (Å²) in [6, 6.07) is 3.07. The molecule has 1 aromatic rings. The van der Waals surface area contributed by atoms with Gasteiger partial charge >= 0.3 is 5.97 Å². The van der Waals surface area contributed by atoms with Gasteiger partial charge in [0.1, 0.15) is 5.75 Å². The number of ether oxygens (including phenoxy) is 1. The number of aryl methyl sites for hydroxylation is 1. The van der Waals surface area contributed by atoms with Gasteiger partial charge in [0.25, 0.3) is 0 Å². The highest BCUT2D eigenvalue weighted by Gasteiger charge is 2.30. The van der Waals surface area contributed by atoms with E-state index in [1.165, 1.54) is 17.5 Å². The second-order valence-corrected chi connectivity index (χ2v) is 7.50. The number of hydrogen-bond donors (Lipinski definition) is 3. The first kappa shape index (κ1) is 16.9.